The van der Waals surface area contributed by atoms with Gasteiger partial charge < -0.3 is 14.8 Å². The number of esters is 1. The molecular weight excluding hydrogens is 234 g/mol. The number of aromatic nitrogens is 1. The van der Waals surface area contributed by atoms with Crippen molar-refractivity contribution in [3.8, 4) is 0 Å². The topological polar surface area (TPSA) is 79.4 Å². The van der Waals surface area contributed by atoms with Crippen LogP contribution in [0, 0.1) is 6.92 Å². The van der Waals surface area contributed by atoms with E-state index in [0.29, 0.717) is 17.5 Å². The van der Waals surface area contributed by atoms with Gasteiger partial charge in [0, 0.05) is 0 Å². The van der Waals surface area contributed by atoms with Crippen molar-refractivity contribution < 1.29 is 19.4 Å². The van der Waals surface area contributed by atoms with Crippen molar-refractivity contribution in [3.63, 3.8) is 0 Å². The van der Waals surface area contributed by atoms with Gasteiger partial charge in [-0.05, 0) is 37.8 Å². The van der Waals surface area contributed by atoms with E-state index < -0.39 is 11.9 Å². The molecule has 5 nitrogen and oxygen atoms in total. The Bertz CT molecular complexity index is 448. The normalized spacial score (nSPS) is 10.4. The van der Waals surface area contributed by atoms with Crippen LogP contribution >= 0.6 is 0 Å². The van der Waals surface area contributed by atoms with E-state index in [-0.39, 0.29) is 18.0 Å². The molecule has 1 rings (SSSR count). The van der Waals surface area contributed by atoms with Crippen molar-refractivity contribution in [2.24, 2.45) is 0 Å². The van der Waals surface area contributed by atoms with Crippen LogP contribution in [0.5, 0.6) is 0 Å². The second kappa shape index (κ2) is 6.23. The van der Waals surface area contributed by atoms with E-state index in [1.807, 2.05) is 6.92 Å². The van der Waals surface area contributed by atoms with Crippen LogP contribution in [0.2, 0.25) is 0 Å². The largest absolute Gasteiger partial charge is 0.477 e. The first-order chi connectivity index (χ1) is 8.52. The molecule has 0 bridgehead atoms. The van der Waals surface area contributed by atoms with Gasteiger partial charge in [0.1, 0.15) is 11.4 Å². The summed E-state index contributed by atoms with van der Waals surface area (Å²) < 4.78 is 4.90. The Balaban J connectivity index is 3.14. The third kappa shape index (κ3) is 2.91. The number of carboxylic acid groups (broad SMARTS) is 1. The lowest BCUT2D eigenvalue weighted by atomic mass is 10.0. The lowest BCUT2D eigenvalue weighted by Gasteiger charge is -2.02. The first kappa shape index (κ1) is 14.3. The highest BCUT2D eigenvalue weighted by atomic mass is 16.5. The molecule has 2 N–H and O–H groups in total. The highest BCUT2D eigenvalue weighted by Gasteiger charge is 2.22. The Morgan fingerprint density at radius 1 is 1.28 bits per heavy atom. The van der Waals surface area contributed by atoms with Gasteiger partial charge in [0.25, 0.3) is 0 Å². The van der Waals surface area contributed by atoms with E-state index in [2.05, 4.69) is 4.98 Å². The predicted molar refractivity (Wildman–Crippen MR) is 67.1 cm³/mol. The Morgan fingerprint density at radius 2 is 1.94 bits per heavy atom. The van der Waals surface area contributed by atoms with E-state index in [1.165, 1.54) is 0 Å². The van der Waals surface area contributed by atoms with Gasteiger partial charge in [-0.3, -0.25) is 0 Å². The number of ether oxygens (including phenoxy) is 1. The summed E-state index contributed by atoms with van der Waals surface area (Å²) >= 11 is 0. The third-order valence-electron chi connectivity index (χ3n) is 2.85. The van der Waals surface area contributed by atoms with Crippen LogP contribution in [0.15, 0.2) is 0 Å². The number of hydrogen-bond donors (Lipinski definition) is 2. The average Bonchev–Trinajstić information content (AvgIpc) is 2.64. The van der Waals surface area contributed by atoms with Gasteiger partial charge in [-0.25, -0.2) is 9.59 Å². The van der Waals surface area contributed by atoms with Crippen molar-refractivity contribution in [1.82, 2.24) is 4.98 Å². The molecule has 1 aromatic rings. The Morgan fingerprint density at radius 3 is 2.44 bits per heavy atom. The number of aromatic amines is 1. The van der Waals surface area contributed by atoms with E-state index in [1.54, 1.807) is 13.8 Å². The minimum atomic E-state index is -1.04. The predicted octanol–water partition coefficient (Wildman–Crippen LogP) is 2.54. The summed E-state index contributed by atoms with van der Waals surface area (Å²) in [4.78, 5) is 25.5. The Kier molecular flexibility index (Phi) is 4.95. The molecule has 18 heavy (non-hydrogen) atoms. The summed E-state index contributed by atoms with van der Waals surface area (Å²) in [5.41, 5.74) is 1.73. The fraction of sp³-hybridized carbons (Fsp3) is 0.538. The zero-order valence-electron chi connectivity index (χ0n) is 11.0. The molecule has 0 saturated carbocycles. The van der Waals surface area contributed by atoms with E-state index in [9.17, 15) is 9.59 Å². The summed E-state index contributed by atoms with van der Waals surface area (Å²) in [6.07, 6.45) is 2.51. The molecule has 1 aromatic heterocycles. The molecular formula is C13H19NO4. The molecule has 0 amide bonds. The fourth-order valence-corrected chi connectivity index (χ4v) is 1.89. The number of H-pyrrole nitrogens is 1. The number of rotatable bonds is 6. The maximum atomic E-state index is 11.7. The van der Waals surface area contributed by atoms with Crippen LogP contribution in [0.4, 0.5) is 0 Å². The maximum Gasteiger partial charge on any atom is 0.355 e. The molecule has 0 saturated heterocycles. The quantitative estimate of drug-likeness (QED) is 0.763. The van der Waals surface area contributed by atoms with Crippen LogP contribution in [-0.4, -0.2) is 28.6 Å². The van der Waals surface area contributed by atoms with Crippen LogP contribution in [-0.2, 0) is 11.2 Å². The first-order valence-corrected chi connectivity index (χ1v) is 6.14. The number of carbonyl (C=O) groups is 2. The second-order valence-corrected chi connectivity index (χ2v) is 4.11. The fourth-order valence-electron chi connectivity index (χ4n) is 1.89. The summed E-state index contributed by atoms with van der Waals surface area (Å²) in [5, 5.41) is 9.13. The minimum Gasteiger partial charge on any atom is -0.477 e. The number of aromatic carboxylic acids is 1. The smallest absolute Gasteiger partial charge is 0.355 e. The van der Waals surface area contributed by atoms with E-state index in [0.717, 1.165) is 12.8 Å². The molecule has 0 aliphatic carbocycles. The van der Waals surface area contributed by atoms with Gasteiger partial charge >= 0.3 is 11.9 Å². The van der Waals surface area contributed by atoms with Crippen LogP contribution in [0.1, 0.15) is 58.8 Å². The number of nitrogens with one attached hydrogen (secondary N) is 1. The molecule has 0 fully saturated rings. The number of hydrogen-bond acceptors (Lipinski definition) is 3. The van der Waals surface area contributed by atoms with Gasteiger partial charge in [-0.1, -0.05) is 13.3 Å². The van der Waals surface area contributed by atoms with Crippen molar-refractivity contribution in [1.29, 1.82) is 0 Å². The molecule has 100 valence electrons. The van der Waals surface area contributed by atoms with Gasteiger partial charge in [0.15, 0.2) is 0 Å². The van der Waals surface area contributed by atoms with Crippen molar-refractivity contribution in [3.05, 3.63) is 22.5 Å². The molecule has 1 heterocycles. The monoisotopic (exact) mass is 253 g/mol. The summed E-state index contributed by atoms with van der Waals surface area (Å²) in [6, 6.07) is 0. The van der Waals surface area contributed by atoms with Gasteiger partial charge in [0.2, 0.25) is 0 Å². The molecule has 0 aromatic carbocycles. The van der Waals surface area contributed by atoms with Crippen LogP contribution < -0.4 is 0 Å². The van der Waals surface area contributed by atoms with E-state index in [4.69, 9.17) is 9.84 Å². The molecule has 0 atom stereocenters. The molecule has 0 unspecified atom stereocenters. The molecule has 0 aliphatic heterocycles. The van der Waals surface area contributed by atoms with Gasteiger partial charge in [-0.15, -0.1) is 0 Å². The number of carbonyl (C=O) groups excluding carboxylic acids is 1. The third-order valence-corrected chi connectivity index (χ3v) is 2.85. The minimum absolute atomic E-state index is 0.101. The second-order valence-electron chi connectivity index (χ2n) is 4.11. The molecule has 0 spiro atoms. The number of carboxylic acids is 1. The van der Waals surface area contributed by atoms with Crippen molar-refractivity contribution in [2.75, 3.05) is 6.61 Å². The summed E-state index contributed by atoms with van der Waals surface area (Å²) in [5.74, 6) is -1.54. The lowest BCUT2D eigenvalue weighted by molar-refractivity contribution is 0.0519. The van der Waals surface area contributed by atoms with E-state index >= 15 is 0 Å². The zero-order valence-corrected chi connectivity index (χ0v) is 11.0. The zero-order chi connectivity index (χ0) is 13.7. The van der Waals surface area contributed by atoms with Crippen molar-refractivity contribution >= 4 is 11.9 Å². The van der Waals surface area contributed by atoms with Crippen molar-refractivity contribution in [2.45, 2.75) is 40.0 Å². The summed E-state index contributed by atoms with van der Waals surface area (Å²) in [7, 11) is 0. The molecule has 0 aliphatic rings. The SMILES string of the molecule is CCCCc1c(C(=O)O)[nH]c(C(=O)OCC)c1C. The Labute approximate surface area is 106 Å². The van der Waals surface area contributed by atoms with Crippen LogP contribution in [0.25, 0.3) is 0 Å². The van der Waals surface area contributed by atoms with Gasteiger partial charge in [0.05, 0.1) is 6.61 Å². The summed E-state index contributed by atoms with van der Waals surface area (Å²) in [6.45, 7) is 5.77. The molecule has 5 heteroatoms. The highest BCUT2D eigenvalue weighted by Crippen LogP contribution is 2.21. The standard InChI is InChI=1S/C13H19NO4/c1-4-6-7-9-8(3)10(13(17)18-5-2)14-11(9)12(15)16/h14H,4-7H2,1-3H3,(H,15,16). The Hall–Kier alpha value is -1.78. The number of unbranched alkanes of at least 4 members (excludes halogenated alkanes) is 1. The first-order valence-electron chi connectivity index (χ1n) is 6.14. The molecule has 0 radical (unpaired) electrons. The lowest BCUT2D eigenvalue weighted by Crippen LogP contribution is -2.07. The van der Waals surface area contributed by atoms with Crippen LogP contribution in [0.3, 0.4) is 0 Å². The highest BCUT2D eigenvalue weighted by molar-refractivity contribution is 5.95. The van der Waals surface area contributed by atoms with Gasteiger partial charge in [-0.2, -0.15) is 0 Å². The average molecular weight is 253 g/mol. The maximum absolute atomic E-state index is 11.7.